The molecule has 1 rings (SSSR count). The van der Waals surface area contributed by atoms with Crippen molar-refractivity contribution < 1.29 is 9.84 Å². The molecule has 1 aliphatic rings. The highest BCUT2D eigenvalue weighted by Gasteiger charge is 2.31. The van der Waals surface area contributed by atoms with Gasteiger partial charge in [-0.3, -0.25) is 0 Å². The normalized spacial score (nSPS) is 19.9. The molecule has 1 fully saturated rings. The van der Waals surface area contributed by atoms with Gasteiger partial charge in [0.25, 0.3) is 0 Å². The van der Waals surface area contributed by atoms with Crippen molar-refractivity contribution in [3.8, 4) is 0 Å². The quantitative estimate of drug-likeness (QED) is 0.638. The number of rotatable bonds is 8. The number of aliphatic hydroxyl groups is 1. The van der Waals surface area contributed by atoms with Crippen LogP contribution in [-0.2, 0) is 4.74 Å². The molecule has 0 atom stereocenters. The van der Waals surface area contributed by atoms with Crippen LogP contribution in [0.25, 0.3) is 0 Å². The zero-order valence-corrected chi connectivity index (χ0v) is 11.2. The van der Waals surface area contributed by atoms with E-state index < -0.39 is 0 Å². The molecule has 0 spiro atoms. The molecule has 1 heterocycles. The molecule has 0 aromatic carbocycles. The molecule has 0 bridgehead atoms. The van der Waals surface area contributed by atoms with Gasteiger partial charge in [-0.05, 0) is 37.3 Å². The van der Waals surface area contributed by atoms with Crippen LogP contribution < -0.4 is 5.32 Å². The van der Waals surface area contributed by atoms with Gasteiger partial charge in [-0.25, -0.2) is 0 Å². The van der Waals surface area contributed by atoms with Gasteiger partial charge >= 0.3 is 0 Å². The summed E-state index contributed by atoms with van der Waals surface area (Å²) < 4.78 is 5.34. The van der Waals surface area contributed by atoms with Gasteiger partial charge in [0.1, 0.15) is 0 Å². The Labute approximate surface area is 103 Å². The van der Waals surface area contributed by atoms with Crippen LogP contribution >= 0.6 is 11.8 Å². The van der Waals surface area contributed by atoms with E-state index in [9.17, 15) is 5.11 Å². The molecule has 0 aliphatic carbocycles. The Balaban J connectivity index is 2.08. The molecule has 4 heteroatoms. The van der Waals surface area contributed by atoms with Gasteiger partial charge in [0.15, 0.2) is 0 Å². The summed E-state index contributed by atoms with van der Waals surface area (Å²) in [5.74, 6) is 2.44. The molecule has 1 aliphatic heterocycles. The highest BCUT2D eigenvalue weighted by Crippen LogP contribution is 2.28. The molecule has 0 aromatic heterocycles. The van der Waals surface area contributed by atoms with Gasteiger partial charge in [-0.15, -0.1) is 0 Å². The zero-order valence-electron chi connectivity index (χ0n) is 10.3. The largest absolute Gasteiger partial charge is 0.396 e. The van der Waals surface area contributed by atoms with Crippen molar-refractivity contribution in [1.29, 1.82) is 0 Å². The van der Waals surface area contributed by atoms with Crippen LogP contribution in [0.3, 0.4) is 0 Å². The van der Waals surface area contributed by atoms with E-state index in [0.29, 0.717) is 0 Å². The fraction of sp³-hybridized carbons (Fsp3) is 1.00. The summed E-state index contributed by atoms with van der Waals surface area (Å²) in [6.07, 6.45) is 3.19. The monoisotopic (exact) mass is 247 g/mol. The lowest BCUT2D eigenvalue weighted by molar-refractivity contribution is -0.0151. The van der Waals surface area contributed by atoms with Gasteiger partial charge < -0.3 is 15.2 Å². The lowest BCUT2D eigenvalue weighted by Crippen LogP contribution is -2.42. The average Bonchev–Trinajstić information content (AvgIpc) is 2.35. The van der Waals surface area contributed by atoms with Crippen molar-refractivity contribution in [3.63, 3.8) is 0 Å². The molecule has 1 saturated heterocycles. The minimum atomic E-state index is 0.0795. The first-order valence-electron chi connectivity index (χ1n) is 6.30. The van der Waals surface area contributed by atoms with E-state index in [-0.39, 0.29) is 12.0 Å². The zero-order chi connectivity index (χ0) is 11.7. The maximum atomic E-state index is 9.48. The molecular weight excluding hydrogens is 222 g/mol. The molecular formula is C12H25NO2S. The van der Waals surface area contributed by atoms with Crippen molar-refractivity contribution >= 4 is 11.8 Å². The van der Waals surface area contributed by atoms with Gasteiger partial charge in [0.05, 0.1) is 6.61 Å². The van der Waals surface area contributed by atoms with Crippen LogP contribution in [-0.4, -0.2) is 49.5 Å². The number of hydrogen-bond donors (Lipinski definition) is 2. The van der Waals surface area contributed by atoms with Crippen molar-refractivity contribution in [2.45, 2.75) is 26.2 Å². The van der Waals surface area contributed by atoms with Gasteiger partial charge in [-0.1, -0.05) is 6.92 Å². The van der Waals surface area contributed by atoms with E-state index in [4.69, 9.17) is 4.74 Å². The van der Waals surface area contributed by atoms with Crippen LogP contribution in [0.1, 0.15) is 26.2 Å². The molecule has 16 heavy (non-hydrogen) atoms. The molecule has 3 nitrogen and oxygen atoms in total. The molecule has 0 aromatic rings. The topological polar surface area (TPSA) is 41.5 Å². The van der Waals surface area contributed by atoms with E-state index >= 15 is 0 Å². The van der Waals surface area contributed by atoms with Crippen molar-refractivity contribution in [1.82, 2.24) is 5.32 Å². The molecule has 2 N–H and O–H groups in total. The number of hydrogen-bond acceptors (Lipinski definition) is 4. The Hall–Kier alpha value is 0.230. The Bertz CT molecular complexity index is 172. The third-order valence-electron chi connectivity index (χ3n) is 3.24. The third kappa shape index (κ3) is 5.04. The summed E-state index contributed by atoms with van der Waals surface area (Å²) in [4.78, 5) is 0. The fourth-order valence-electron chi connectivity index (χ4n) is 1.99. The predicted molar refractivity (Wildman–Crippen MR) is 70.1 cm³/mol. The summed E-state index contributed by atoms with van der Waals surface area (Å²) in [6, 6.07) is 0. The van der Waals surface area contributed by atoms with E-state index in [1.807, 2.05) is 11.8 Å². The molecule has 0 saturated carbocycles. The van der Waals surface area contributed by atoms with Gasteiger partial charge in [-0.2, -0.15) is 11.8 Å². The second-order valence-electron chi connectivity index (χ2n) is 4.50. The lowest BCUT2D eigenvalue weighted by Gasteiger charge is -2.35. The average molecular weight is 247 g/mol. The first kappa shape index (κ1) is 14.3. The molecule has 0 amide bonds. The number of thioether (sulfide) groups is 1. The summed E-state index contributed by atoms with van der Waals surface area (Å²) in [5.41, 5.74) is 0.0795. The van der Waals surface area contributed by atoms with E-state index in [1.165, 1.54) is 17.9 Å². The fourth-order valence-corrected chi connectivity index (χ4v) is 2.63. The SMILES string of the molecule is CCSCCCNCC1(CO)CCOCC1. The highest BCUT2D eigenvalue weighted by atomic mass is 32.2. The lowest BCUT2D eigenvalue weighted by atomic mass is 9.81. The minimum Gasteiger partial charge on any atom is -0.396 e. The number of aliphatic hydroxyl groups excluding tert-OH is 1. The predicted octanol–water partition coefficient (Wildman–Crippen LogP) is 1.51. The van der Waals surface area contributed by atoms with Crippen LogP contribution in [0.5, 0.6) is 0 Å². The van der Waals surface area contributed by atoms with E-state index in [0.717, 1.165) is 39.1 Å². The summed E-state index contributed by atoms with van der Waals surface area (Å²) in [7, 11) is 0. The van der Waals surface area contributed by atoms with E-state index in [1.54, 1.807) is 0 Å². The smallest absolute Gasteiger partial charge is 0.0501 e. The maximum absolute atomic E-state index is 9.48. The first-order valence-corrected chi connectivity index (χ1v) is 7.45. The van der Waals surface area contributed by atoms with Crippen LogP contribution in [0.15, 0.2) is 0 Å². The Morgan fingerprint density at radius 3 is 2.75 bits per heavy atom. The van der Waals surface area contributed by atoms with Crippen molar-refractivity contribution in [3.05, 3.63) is 0 Å². The summed E-state index contributed by atoms with van der Waals surface area (Å²) >= 11 is 1.99. The Morgan fingerprint density at radius 2 is 2.12 bits per heavy atom. The molecule has 96 valence electrons. The van der Waals surface area contributed by atoms with Crippen LogP contribution in [0.2, 0.25) is 0 Å². The van der Waals surface area contributed by atoms with Crippen molar-refractivity contribution in [2.75, 3.05) is 44.4 Å². The minimum absolute atomic E-state index is 0.0795. The first-order chi connectivity index (χ1) is 7.83. The van der Waals surface area contributed by atoms with Crippen molar-refractivity contribution in [2.24, 2.45) is 5.41 Å². The molecule has 0 radical (unpaired) electrons. The van der Waals surface area contributed by atoms with Crippen LogP contribution in [0.4, 0.5) is 0 Å². The number of nitrogens with one attached hydrogen (secondary N) is 1. The number of ether oxygens (including phenoxy) is 1. The van der Waals surface area contributed by atoms with Gasteiger partial charge in [0.2, 0.25) is 0 Å². The summed E-state index contributed by atoms with van der Waals surface area (Å²) in [5, 5.41) is 13.0. The summed E-state index contributed by atoms with van der Waals surface area (Å²) in [6.45, 7) is 6.08. The highest BCUT2D eigenvalue weighted by molar-refractivity contribution is 7.99. The third-order valence-corrected chi connectivity index (χ3v) is 4.22. The second kappa shape index (κ2) is 8.34. The van der Waals surface area contributed by atoms with Gasteiger partial charge in [0, 0.05) is 25.2 Å². The maximum Gasteiger partial charge on any atom is 0.0501 e. The standard InChI is InChI=1S/C12H25NO2S/c1-2-16-9-3-6-13-10-12(11-14)4-7-15-8-5-12/h13-14H,2-11H2,1H3. The molecule has 0 unspecified atom stereocenters. The Kier molecular flexibility index (Phi) is 7.45. The van der Waals surface area contributed by atoms with Crippen LogP contribution in [0, 0.1) is 5.41 Å². The second-order valence-corrected chi connectivity index (χ2v) is 5.89. The Morgan fingerprint density at radius 1 is 1.38 bits per heavy atom. The van der Waals surface area contributed by atoms with E-state index in [2.05, 4.69) is 12.2 Å².